The summed E-state index contributed by atoms with van der Waals surface area (Å²) in [5.41, 5.74) is 1.85. The number of nitrogens with zero attached hydrogens (tertiary/aromatic N) is 2. The highest BCUT2D eigenvalue weighted by Gasteiger charge is 2.37. The Balaban J connectivity index is 1.35. The van der Waals surface area contributed by atoms with Gasteiger partial charge < -0.3 is 14.4 Å². The maximum Gasteiger partial charge on any atom is 0.294 e. The van der Waals surface area contributed by atoms with Crippen LogP contribution in [-0.2, 0) is 20.9 Å². The predicted molar refractivity (Wildman–Crippen MR) is 130 cm³/mol. The molecule has 2 heterocycles. The summed E-state index contributed by atoms with van der Waals surface area (Å²) >= 11 is 3.11. The highest BCUT2D eigenvalue weighted by molar-refractivity contribution is 14.1. The normalized spacial score (nSPS) is 17.8. The zero-order valence-corrected chi connectivity index (χ0v) is 20.1. The lowest BCUT2D eigenvalue weighted by atomic mass is 10.2. The molecular weight excluding hydrogens is 543 g/mol. The van der Waals surface area contributed by atoms with Gasteiger partial charge in [0.25, 0.3) is 11.1 Å². The van der Waals surface area contributed by atoms with Crippen molar-refractivity contribution in [3.8, 4) is 5.75 Å². The van der Waals surface area contributed by atoms with Crippen molar-refractivity contribution in [3.05, 3.63) is 68.1 Å². The van der Waals surface area contributed by atoms with Crippen LogP contribution >= 0.6 is 34.4 Å². The van der Waals surface area contributed by atoms with Crippen LogP contribution in [0.4, 0.5) is 4.79 Å². The fraction of sp³-hybridized carbons (Fsp3) is 0.261. The van der Waals surface area contributed by atoms with Gasteiger partial charge in [-0.3, -0.25) is 19.3 Å². The Labute approximate surface area is 203 Å². The minimum atomic E-state index is -0.444. The molecule has 7 nitrogen and oxygen atoms in total. The van der Waals surface area contributed by atoms with Crippen molar-refractivity contribution in [2.45, 2.75) is 6.61 Å². The molecule has 0 saturated carbocycles. The molecule has 0 spiro atoms. The number of amides is 3. The topological polar surface area (TPSA) is 76.2 Å². The Kier molecular flexibility index (Phi) is 7.48. The van der Waals surface area contributed by atoms with Crippen LogP contribution in [0.3, 0.4) is 0 Å². The Bertz CT molecular complexity index is 1030. The van der Waals surface area contributed by atoms with Gasteiger partial charge in [-0.2, -0.15) is 0 Å². The van der Waals surface area contributed by atoms with Gasteiger partial charge in [-0.15, -0.1) is 0 Å². The van der Waals surface area contributed by atoms with Crippen molar-refractivity contribution in [1.82, 2.24) is 9.80 Å². The van der Waals surface area contributed by atoms with Crippen LogP contribution < -0.4 is 4.74 Å². The molecule has 32 heavy (non-hydrogen) atoms. The molecule has 2 aromatic rings. The van der Waals surface area contributed by atoms with Gasteiger partial charge in [0.15, 0.2) is 0 Å². The molecule has 0 aromatic heterocycles. The number of morpholine rings is 1. The molecule has 0 bridgehead atoms. The van der Waals surface area contributed by atoms with E-state index in [0.717, 1.165) is 27.8 Å². The van der Waals surface area contributed by atoms with E-state index in [9.17, 15) is 14.4 Å². The average Bonchev–Trinajstić information content (AvgIpc) is 3.07. The summed E-state index contributed by atoms with van der Waals surface area (Å²) in [6.07, 6.45) is 1.66. The van der Waals surface area contributed by atoms with Crippen molar-refractivity contribution in [2.24, 2.45) is 0 Å². The van der Waals surface area contributed by atoms with E-state index in [-0.39, 0.29) is 12.5 Å². The summed E-state index contributed by atoms with van der Waals surface area (Å²) in [6, 6.07) is 15.4. The summed E-state index contributed by atoms with van der Waals surface area (Å²) in [4.78, 5) is 40.3. The Hall–Kier alpha value is -2.37. The molecule has 2 aliphatic heterocycles. The van der Waals surface area contributed by atoms with E-state index in [1.165, 1.54) is 3.57 Å². The van der Waals surface area contributed by atoms with E-state index >= 15 is 0 Å². The summed E-state index contributed by atoms with van der Waals surface area (Å²) in [5, 5.41) is -0.430. The van der Waals surface area contributed by atoms with Gasteiger partial charge >= 0.3 is 0 Å². The van der Waals surface area contributed by atoms with Gasteiger partial charge in [0.2, 0.25) is 5.91 Å². The quantitative estimate of drug-likeness (QED) is 0.393. The highest BCUT2D eigenvalue weighted by Crippen LogP contribution is 2.32. The first kappa shape index (κ1) is 22.8. The van der Waals surface area contributed by atoms with Crippen molar-refractivity contribution in [2.75, 3.05) is 32.8 Å². The van der Waals surface area contributed by atoms with Crippen molar-refractivity contribution >= 4 is 57.5 Å². The Morgan fingerprint density at radius 1 is 1.06 bits per heavy atom. The fourth-order valence-corrected chi connectivity index (χ4v) is 4.44. The number of imide groups is 1. The molecule has 2 aromatic carbocycles. The van der Waals surface area contributed by atoms with E-state index in [4.69, 9.17) is 9.47 Å². The molecule has 3 amide bonds. The SMILES string of the molecule is O=C(CN1C(=O)S/C(=C/c2ccc(OCc3ccc(I)cc3)cc2)C1=O)N1CCOCC1. The number of carbonyl (C=O) groups is 3. The standard InChI is InChI=1S/C23H21IN2O5S/c24-18-5-1-17(2-6-18)15-31-19-7-3-16(4-8-19)13-20-22(28)26(23(29)32-20)14-21(27)25-9-11-30-12-10-25/h1-8,13H,9-12,14-15H2/b20-13+. The molecule has 0 N–H and O–H groups in total. The van der Waals surface area contributed by atoms with Crippen LogP contribution in [0.2, 0.25) is 0 Å². The largest absolute Gasteiger partial charge is 0.489 e. The zero-order chi connectivity index (χ0) is 22.5. The fourth-order valence-electron chi connectivity index (χ4n) is 3.24. The minimum absolute atomic E-state index is 0.243. The number of carbonyl (C=O) groups excluding carboxylic acids is 3. The molecule has 0 aliphatic carbocycles. The predicted octanol–water partition coefficient (Wildman–Crippen LogP) is 3.77. The number of hydrogen-bond donors (Lipinski definition) is 0. The first-order valence-electron chi connectivity index (χ1n) is 10.1. The second-order valence-electron chi connectivity index (χ2n) is 7.25. The number of thioether (sulfide) groups is 1. The molecule has 4 rings (SSSR count). The molecule has 2 aliphatic rings. The zero-order valence-electron chi connectivity index (χ0n) is 17.2. The van der Waals surface area contributed by atoms with Crippen molar-refractivity contribution < 1.29 is 23.9 Å². The van der Waals surface area contributed by atoms with Gasteiger partial charge in [0.1, 0.15) is 18.9 Å². The van der Waals surface area contributed by atoms with Crippen LogP contribution in [0.5, 0.6) is 5.75 Å². The van der Waals surface area contributed by atoms with Gasteiger partial charge in [-0.05, 0) is 75.8 Å². The molecule has 0 unspecified atom stereocenters. The molecule has 9 heteroatoms. The number of hydrogen-bond acceptors (Lipinski definition) is 6. The van der Waals surface area contributed by atoms with E-state index in [2.05, 4.69) is 22.6 Å². The van der Waals surface area contributed by atoms with Gasteiger partial charge in [0.05, 0.1) is 18.1 Å². The summed E-state index contributed by atoms with van der Waals surface area (Å²) in [6.45, 7) is 2.11. The number of rotatable bonds is 6. The lowest BCUT2D eigenvalue weighted by Crippen LogP contribution is -2.46. The Morgan fingerprint density at radius 2 is 1.75 bits per heavy atom. The summed E-state index contributed by atoms with van der Waals surface area (Å²) in [7, 11) is 0. The number of benzene rings is 2. The highest BCUT2D eigenvalue weighted by atomic mass is 127. The molecular formula is C23H21IN2O5S. The van der Waals surface area contributed by atoms with Crippen LogP contribution in [0.1, 0.15) is 11.1 Å². The monoisotopic (exact) mass is 564 g/mol. The first-order chi connectivity index (χ1) is 15.5. The second-order valence-corrected chi connectivity index (χ2v) is 9.48. The Morgan fingerprint density at radius 3 is 2.44 bits per heavy atom. The number of ether oxygens (including phenoxy) is 2. The van der Waals surface area contributed by atoms with E-state index < -0.39 is 11.1 Å². The maximum absolute atomic E-state index is 12.7. The second kappa shape index (κ2) is 10.5. The van der Waals surface area contributed by atoms with Gasteiger partial charge in [0, 0.05) is 16.7 Å². The summed E-state index contributed by atoms with van der Waals surface area (Å²) < 4.78 is 12.2. The minimum Gasteiger partial charge on any atom is -0.489 e. The van der Waals surface area contributed by atoms with Crippen molar-refractivity contribution in [3.63, 3.8) is 0 Å². The lowest BCUT2D eigenvalue weighted by molar-refractivity contribution is -0.139. The third kappa shape index (κ3) is 5.70. The van der Waals surface area contributed by atoms with Gasteiger partial charge in [-0.25, -0.2) is 0 Å². The van der Waals surface area contributed by atoms with E-state index in [1.54, 1.807) is 11.0 Å². The first-order valence-corrected chi connectivity index (χ1v) is 12.0. The van der Waals surface area contributed by atoms with Crippen LogP contribution in [0.25, 0.3) is 6.08 Å². The lowest BCUT2D eigenvalue weighted by Gasteiger charge is -2.28. The van der Waals surface area contributed by atoms with Crippen LogP contribution in [-0.4, -0.2) is 59.7 Å². The average molecular weight is 564 g/mol. The van der Waals surface area contributed by atoms with Crippen LogP contribution in [0.15, 0.2) is 53.4 Å². The third-order valence-corrected chi connectivity index (χ3v) is 6.65. The summed E-state index contributed by atoms with van der Waals surface area (Å²) in [5.74, 6) is 0.0250. The molecule has 0 radical (unpaired) electrons. The maximum atomic E-state index is 12.7. The smallest absolute Gasteiger partial charge is 0.294 e. The molecule has 166 valence electrons. The van der Waals surface area contributed by atoms with Crippen LogP contribution in [0, 0.1) is 3.57 Å². The van der Waals surface area contributed by atoms with Crippen molar-refractivity contribution in [1.29, 1.82) is 0 Å². The van der Waals surface area contributed by atoms with E-state index in [0.29, 0.717) is 43.6 Å². The molecule has 2 saturated heterocycles. The molecule has 2 fully saturated rings. The van der Waals surface area contributed by atoms with Gasteiger partial charge in [-0.1, -0.05) is 24.3 Å². The van der Waals surface area contributed by atoms with E-state index in [1.807, 2.05) is 48.5 Å². The number of halogens is 1. The third-order valence-electron chi connectivity index (χ3n) is 5.03. The molecule has 0 atom stereocenters.